The zero-order valence-electron chi connectivity index (χ0n) is 6.68. The van der Waals surface area contributed by atoms with Crippen molar-refractivity contribution in [2.24, 2.45) is 0 Å². The van der Waals surface area contributed by atoms with Crippen LogP contribution in [-0.4, -0.2) is 14.8 Å². The molecule has 2 aromatic heterocycles. The third kappa shape index (κ3) is 1.55. The van der Waals surface area contributed by atoms with Crippen molar-refractivity contribution in [1.29, 1.82) is 0 Å². The van der Waals surface area contributed by atoms with Crippen molar-refractivity contribution < 1.29 is 0 Å². The van der Waals surface area contributed by atoms with Crippen molar-refractivity contribution in [1.82, 2.24) is 14.8 Å². The van der Waals surface area contributed by atoms with E-state index < -0.39 is 0 Å². The largest absolute Gasteiger partial charge is 0.396 e. The van der Waals surface area contributed by atoms with Crippen LogP contribution in [0, 0.1) is 0 Å². The quantitative estimate of drug-likeness (QED) is 0.822. The van der Waals surface area contributed by atoms with Gasteiger partial charge < -0.3 is 5.73 Å². The zero-order valence-corrected chi connectivity index (χ0v) is 8.27. The molecule has 0 aliphatic heterocycles. The van der Waals surface area contributed by atoms with Gasteiger partial charge in [0, 0.05) is 12.4 Å². The molecule has 0 spiro atoms. The second kappa shape index (κ2) is 3.18. The van der Waals surface area contributed by atoms with E-state index in [9.17, 15) is 0 Å². The number of hydrogen-bond donors (Lipinski definition) is 1. The van der Waals surface area contributed by atoms with E-state index >= 15 is 0 Å². The number of hydrogen-bond acceptors (Lipinski definition) is 3. The van der Waals surface area contributed by atoms with Crippen LogP contribution in [0.3, 0.4) is 0 Å². The Morgan fingerprint density at radius 3 is 2.92 bits per heavy atom. The molecule has 0 atom stereocenters. The van der Waals surface area contributed by atoms with E-state index in [-0.39, 0.29) is 0 Å². The molecule has 0 aliphatic carbocycles. The molecule has 0 saturated carbocycles. The van der Waals surface area contributed by atoms with E-state index in [0.717, 1.165) is 4.47 Å². The molecule has 5 heteroatoms. The van der Waals surface area contributed by atoms with E-state index in [1.807, 2.05) is 0 Å². The molecule has 2 rings (SSSR count). The minimum Gasteiger partial charge on any atom is -0.396 e. The maximum Gasteiger partial charge on any atom is 0.176 e. The fourth-order valence-corrected chi connectivity index (χ4v) is 1.30. The molecule has 0 aliphatic rings. The van der Waals surface area contributed by atoms with Gasteiger partial charge in [-0.05, 0) is 28.1 Å². The summed E-state index contributed by atoms with van der Waals surface area (Å²) in [7, 11) is 0. The first-order valence-electron chi connectivity index (χ1n) is 3.68. The van der Waals surface area contributed by atoms with Gasteiger partial charge >= 0.3 is 0 Å². The molecule has 0 bridgehead atoms. The average Bonchev–Trinajstić information content (AvgIpc) is 2.53. The van der Waals surface area contributed by atoms with Gasteiger partial charge in [-0.2, -0.15) is 5.10 Å². The Bertz CT molecular complexity index is 424. The SMILES string of the molecule is Nc1cccnc1-n1cc(Br)cn1. The number of nitrogen functional groups attached to an aromatic ring is 1. The van der Waals surface area contributed by atoms with Gasteiger partial charge in [-0.3, -0.25) is 0 Å². The molecule has 0 fully saturated rings. The van der Waals surface area contributed by atoms with Gasteiger partial charge in [0.05, 0.1) is 16.4 Å². The predicted molar refractivity (Wildman–Crippen MR) is 53.5 cm³/mol. The fraction of sp³-hybridized carbons (Fsp3) is 0. The lowest BCUT2D eigenvalue weighted by atomic mass is 10.4. The summed E-state index contributed by atoms with van der Waals surface area (Å²) in [6, 6.07) is 3.58. The van der Waals surface area contributed by atoms with Crippen molar-refractivity contribution in [3.63, 3.8) is 0 Å². The van der Waals surface area contributed by atoms with Crippen molar-refractivity contribution in [3.05, 3.63) is 35.2 Å². The van der Waals surface area contributed by atoms with E-state index in [1.54, 1.807) is 35.4 Å². The Labute approximate surface area is 83.5 Å². The van der Waals surface area contributed by atoms with Crippen LogP contribution in [0.25, 0.3) is 5.82 Å². The summed E-state index contributed by atoms with van der Waals surface area (Å²) in [4.78, 5) is 4.12. The number of nitrogens with zero attached hydrogens (tertiary/aromatic N) is 3. The number of aromatic nitrogens is 3. The van der Waals surface area contributed by atoms with Crippen LogP contribution in [0.4, 0.5) is 5.69 Å². The third-order valence-electron chi connectivity index (χ3n) is 1.58. The second-order valence-corrected chi connectivity index (χ2v) is 3.44. The Balaban J connectivity index is 2.52. The molecule has 66 valence electrons. The maximum absolute atomic E-state index is 5.72. The number of anilines is 1. The van der Waals surface area contributed by atoms with Crippen LogP contribution < -0.4 is 5.73 Å². The lowest BCUT2D eigenvalue weighted by Crippen LogP contribution is -2.02. The normalized spacial score (nSPS) is 10.2. The second-order valence-electron chi connectivity index (χ2n) is 2.52. The molecule has 0 radical (unpaired) electrons. The van der Waals surface area contributed by atoms with E-state index in [0.29, 0.717) is 11.5 Å². The van der Waals surface area contributed by atoms with Crippen LogP contribution in [-0.2, 0) is 0 Å². The van der Waals surface area contributed by atoms with E-state index in [4.69, 9.17) is 5.73 Å². The summed E-state index contributed by atoms with van der Waals surface area (Å²) >= 11 is 3.30. The van der Waals surface area contributed by atoms with E-state index in [2.05, 4.69) is 26.0 Å². The molecule has 0 unspecified atom stereocenters. The molecule has 4 nitrogen and oxygen atoms in total. The van der Waals surface area contributed by atoms with E-state index in [1.165, 1.54) is 0 Å². The first kappa shape index (κ1) is 8.25. The Morgan fingerprint density at radius 1 is 1.46 bits per heavy atom. The van der Waals surface area contributed by atoms with Gasteiger partial charge in [0.2, 0.25) is 0 Å². The minimum absolute atomic E-state index is 0.609. The number of pyridine rings is 1. The van der Waals surface area contributed by atoms with Gasteiger partial charge in [0.25, 0.3) is 0 Å². The Hall–Kier alpha value is -1.36. The highest BCUT2D eigenvalue weighted by Crippen LogP contribution is 2.15. The zero-order chi connectivity index (χ0) is 9.26. The maximum atomic E-state index is 5.72. The first-order valence-corrected chi connectivity index (χ1v) is 4.48. The molecule has 0 saturated heterocycles. The van der Waals surface area contributed by atoms with Crippen LogP contribution in [0.1, 0.15) is 0 Å². The van der Waals surface area contributed by atoms with Gasteiger partial charge in [-0.1, -0.05) is 0 Å². The summed E-state index contributed by atoms with van der Waals surface area (Å²) in [6.07, 6.45) is 5.17. The minimum atomic E-state index is 0.609. The predicted octanol–water partition coefficient (Wildman–Crippen LogP) is 1.61. The summed E-state index contributed by atoms with van der Waals surface area (Å²) in [5, 5.41) is 4.07. The van der Waals surface area contributed by atoms with Crippen LogP contribution >= 0.6 is 15.9 Å². The Morgan fingerprint density at radius 2 is 2.31 bits per heavy atom. The number of nitrogens with two attached hydrogens (primary N) is 1. The monoisotopic (exact) mass is 238 g/mol. The smallest absolute Gasteiger partial charge is 0.176 e. The van der Waals surface area contributed by atoms with Gasteiger partial charge in [0.1, 0.15) is 0 Å². The fourth-order valence-electron chi connectivity index (χ4n) is 1.02. The number of rotatable bonds is 1. The summed E-state index contributed by atoms with van der Waals surface area (Å²) in [5.41, 5.74) is 6.33. The number of halogens is 1. The highest BCUT2D eigenvalue weighted by molar-refractivity contribution is 9.10. The standard InChI is InChI=1S/C8H7BrN4/c9-6-4-12-13(5-6)8-7(10)2-1-3-11-8/h1-5H,10H2. The van der Waals surface area contributed by atoms with Crippen LogP contribution in [0.2, 0.25) is 0 Å². The van der Waals surface area contributed by atoms with Crippen molar-refractivity contribution in [2.45, 2.75) is 0 Å². The molecule has 2 N–H and O–H groups in total. The summed E-state index contributed by atoms with van der Waals surface area (Å²) in [6.45, 7) is 0. The molecule has 0 amide bonds. The van der Waals surface area contributed by atoms with Crippen molar-refractivity contribution in [3.8, 4) is 5.82 Å². The third-order valence-corrected chi connectivity index (χ3v) is 1.99. The van der Waals surface area contributed by atoms with Crippen LogP contribution in [0.5, 0.6) is 0 Å². The van der Waals surface area contributed by atoms with Gasteiger partial charge in [-0.15, -0.1) is 0 Å². The molecule has 13 heavy (non-hydrogen) atoms. The lowest BCUT2D eigenvalue weighted by Gasteiger charge is -2.01. The highest BCUT2D eigenvalue weighted by Gasteiger charge is 2.02. The Kier molecular flexibility index (Phi) is 2.02. The van der Waals surface area contributed by atoms with Crippen molar-refractivity contribution in [2.75, 3.05) is 5.73 Å². The first-order chi connectivity index (χ1) is 6.27. The topological polar surface area (TPSA) is 56.7 Å². The molecule has 2 aromatic rings. The lowest BCUT2D eigenvalue weighted by molar-refractivity contribution is 0.850. The van der Waals surface area contributed by atoms with Gasteiger partial charge in [0.15, 0.2) is 5.82 Å². The molecule has 0 aromatic carbocycles. The van der Waals surface area contributed by atoms with Gasteiger partial charge in [-0.25, -0.2) is 9.67 Å². The average molecular weight is 239 g/mol. The van der Waals surface area contributed by atoms with Crippen molar-refractivity contribution >= 4 is 21.6 Å². The summed E-state index contributed by atoms with van der Waals surface area (Å²) < 4.78 is 2.52. The molecular formula is C8H7BrN4. The highest BCUT2D eigenvalue weighted by atomic mass is 79.9. The molecular weight excluding hydrogens is 232 g/mol. The molecule has 2 heterocycles. The summed E-state index contributed by atoms with van der Waals surface area (Å²) in [5.74, 6) is 0.646. The van der Waals surface area contributed by atoms with Crippen LogP contribution in [0.15, 0.2) is 35.2 Å².